The van der Waals surface area contributed by atoms with Crippen molar-refractivity contribution < 1.29 is 23.6 Å². The second kappa shape index (κ2) is 8.66. The van der Waals surface area contributed by atoms with Gasteiger partial charge in [-0.1, -0.05) is 0 Å². The molecule has 2 aromatic carbocycles. The van der Waals surface area contributed by atoms with E-state index in [4.69, 9.17) is 9.47 Å². The van der Waals surface area contributed by atoms with E-state index in [-0.39, 0.29) is 5.75 Å². The number of nitro benzene ring substituents is 1. The van der Waals surface area contributed by atoms with E-state index in [1.807, 2.05) is 12.1 Å². The quantitative estimate of drug-likeness (QED) is 0.603. The van der Waals surface area contributed by atoms with Crippen LogP contribution in [-0.2, 0) is 9.53 Å². The summed E-state index contributed by atoms with van der Waals surface area (Å²) in [5, 5.41) is 13.7. The first-order valence-electron chi connectivity index (χ1n) is 8.78. The zero-order chi connectivity index (χ0) is 20.1. The maximum atomic E-state index is 13.4. The average molecular weight is 389 g/mol. The molecule has 0 aromatic heterocycles. The minimum atomic E-state index is -1.06. The number of benzene rings is 2. The molecule has 1 saturated heterocycles. The molecule has 28 heavy (non-hydrogen) atoms. The molecule has 148 valence electrons. The van der Waals surface area contributed by atoms with Gasteiger partial charge in [-0.05, 0) is 37.3 Å². The minimum Gasteiger partial charge on any atom is -0.474 e. The van der Waals surface area contributed by atoms with E-state index in [0.717, 1.165) is 37.0 Å². The lowest BCUT2D eigenvalue weighted by Crippen LogP contribution is -2.36. The fourth-order valence-corrected chi connectivity index (χ4v) is 2.80. The fourth-order valence-electron chi connectivity index (χ4n) is 2.80. The Bertz CT molecular complexity index is 853. The number of halogens is 1. The predicted molar refractivity (Wildman–Crippen MR) is 101 cm³/mol. The third-order valence-corrected chi connectivity index (χ3v) is 4.30. The number of carbonyl (C=O) groups excluding carboxylic acids is 1. The number of anilines is 2. The molecule has 0 unspecified atom stereocenters. The van der Waals surface area contributed by atoms with Gasteiger partial charge in [-0.15, -0.1) is 0 Å². The van der Waals surface area contributed by atoms with Gasteiger partial charge in [0.25, 0.3) is 5.91 Å². The number of morpholine rings is 1. The largest absolute Gasteiger partial charge is 0.474 e. The number of amides is 1. The smallest absolute Gasteiger partial charge is 0.311 e. The second-order valence-corrected chi connectivity index (χ2v) is 6.26. The molecule has 3 rings (SSSR count). The normalized spacial score (nSPS) is 15.0. The van der Waals surface area contributed by atoms with Gasteiger partial charge in [-0.2, -0.15) is 0 Å². The molecule has 0 aliphatic carbocycles. The number of nitrogens with zero attached hydrogens (tertiary/aromatic N) is 2. The van der Waals surface area contributed by atoms with Gasteiger partial charge in [-0.3, -0.25) is 14.9 Å². The van der Waals surface area contributed by atoms with Gasteiger partial charge >= 0.3 is 5.69 Å². The van der Waals surface area contributed by atoms with Gasteiger partial charge in [0.05, 0.1) is 18.1 Å². The summed E-state index contributed by atoms with van der Waals surface area (Å²) in [6.45, 7) is 4.41. The van der Waals surface area contributed by atoms with Crippen LogP contribution in [0.5, 0.6) is 5.75 Å². The SMILES string of the molecule is C[C@H](Oc1cc(F)ccc1[N+](=O)[O-])C(=O)Nc1ccc(N2CCOCC2)cc1. The summed E-state index contributed by atoms with van der Waals surface area (Å²) in [5.41, 5.74) is 1.18. The van der Waals surface area contributed by atoms with Crippen LogP contribution in [0.15, 0.2) is 42.5 Å². The van der Waals surface area contributed by atoms with Crippen molar-refractivity contribution in [3.8, 4) is 5.75 Å². The van der Waals surface area contributed by atoms with Crippen molar-refractivity contribution in [2.45, 2.75) is 13.0 Å². The lowest BCUT2D eigenvalue weighted by molar-refractivity contribution is -0.386. The van der Waals surface area contributed by atoms with E-state index in [2.05, 4.69) is 10.2 Å². The van der Waals surface area contributed by atoms with Crippen molar-refractivity contribution >= 4 is 23.0 Å². The molecule has 8 nitrogen and oxygen atoms in total. The molecule has 0 radical (unpaired) electrons. The number of hydrogen-bond acceptors (Lipinski definition) is 6. The van der Waals surface area contributed by atoms with Gasteiger partial charge in [0, 0.05) is 36.6 Å². The van der Waals surface area contributed by atoms with E-state index >= 15 is 0 Å². The van der Waals surface area contributed by atoms with Gasteiger partial charge < -0.3 is 19.7 Å². The Kier molecular flexibility index (Phi) is 6.05. The molecule has 1 fully saturated rings. The molecule has 0 saturated carbocycles. The summed E-state index contributed by atoms with van der Waals surface area (Å²) < 4.78 is 24.0. The molecule has 0 spiro atoms. The standard InChI is InChI=1S/C19H20FN3O5/c1-13(28-18-12-14(20)2-7-17(18)23(25)26)19(24)21-15-3-5-16(6-4-15)22-8-10-27-11-9-22/h2-7,12-13H,8-11H2,1H3,(H,21,24)/t13-/m0/s1. The monoisotopic (exact) mass is 389 g/mol. The minimum absolute atomic E-state index is 0.296. The molecule has 1 heterocycles. The van der Waals surface area contributed by atoms with E-state index in [0.29, 0.717) is 18.9 Å². The van der Waals surface area contributed by atoms with Crippen LogP contribution in [0.25, 0.3) is 0 Å². The average Bonchev–Trinajstić information content (AvgIpc) is 2.69. The third-order valence-electron chi connectivity index (χ3n) is 4.30. The van der Waals surface area contributed by atoms with Crippen LogP contribution in [0.4, 0.5) is 21.5 Å². The molecular formula is C19H20FN3O5. The first kappa shape index (κ1) is 19.6. The van der Waals surface area contributed by atoms with Crippen molar-refractivity contribution in [3.63, 3.8) is 0 Å². The van der Waals surface area contributed by atoms with Crippen molar-refractivity contribution in [1.82, 2.24) is 0 Å². The summed E-state index contributed by atoms with van der Waals surface area (Å²) in [6, 6.07) is 10.2. The summed E-state index contributed by atoms with van der Waals surface area (Å²) >= 11 is 0. The summed E-state index contributed by atoms with van der Waals surface area (Å²) in [4.78, 5) is 24.9. The molecular weight excluding hydrogens is 369 g/mol. The number of nitrogens with one attached hydrogen (secondary N) is 1. The summed E-state index contributed by atoms with van der Waals surface area (Å²) in [7, 11) is 0. The zero-order valence-electron chi connectivity index (χ0n) is 15.3. The van der Waals surface area contributed by atoms with Gasteiger partial charge in [-0.25, -0.2) is 4.39 Å². The molecule has 1 atom stereocenters. The maximum Gasteiger partial charge on any atom is 0.311 e. The Balaban J connectivity index is 1.63. The number of rotatable bonds is 6. The lowest BCUT2D eigenvalue weighted by atomic mass is 10.2. The highest BCUT2D eigenvalue weighted by atomic mass is 19.1. The fraction of sp³-hybridized carbons (Fsp3) is 0.316. The number of ether oxygens (including phenoxy) is 2. The van der Waals surface area contributed by atoms with Crippen LogP contribution in [0.3, 0.4) is 0 Å². The van der Waals surface area contributed by atoms with E-state index in [9.17, 15) is 19.3 Å². The van der Waals surface area contributed by atoms with Crippen LogP contribution in [-0.4, -0.2) is 43.2 Å². The Morgan fingerprint density at radius 3 is 2.57 bits per heavy atom. The maximum absolute atomic E-state index is 13.4. The first-order chi connectivity index (χ1) is 13.4. The number of carbonyl (C=O) groups is 1. The highest BCUT2D eigenvalue weighted by Crippen LogP contribution is 2.28. The van der Waals surface area contributed by atoms with Crippen molar-refractivity contribution in [1.29, 1.82) is 0 Å². The van der Waals surface area contributed by atoms with Crippen LogP contribution in [0, 0.1) is 15.9 Å². The van der Waals surface area contributed by atoms with Gasteiger partial charge in [0.2, 0.25) is 5.75 Å². The Morgan fingerprint density at radius 2 is 1.93 bits per heavy atom. The lowest BCUT2D eigenvalue weighted by Gasteiger charge is -2.28. The third kappa shape index (κ3) is 4.74. The van der Waals surface area contributed by atoms with Gasteiger partial charge in [0.1, 0.15) is 5.82 Å². The summed E-state index contributed by atoms with van der Waals surface area (Å²) in [6.07, 6.45) is -1.06. The highest BCUT2D eigenvalue weighted by Gasteiger charge is 2.22. The Hall–Kier alpha value is -3.20. The number of nitro groups is 1. The molecule has 2 aromatic rings. The molecule has 1 aliphatic rings. The molecule has 1 amide bonds. The predicted octanol–water partition coefficient (Wildman–Crippen LogP) is 2.98. The zero-order valence-corrected chi connectivity index (χ0v) is 15.3. The van der Waals surface area contributed by atoms with E-state index in [1.165, 1.54) is 6.92 Å². The van der Waals surface area contributed by atoms with E-state index < -0.39 is 28.4 Å². The van der Waals surface area contributed by atoms with E-state index in [1.54, 1.807) is 12.1 Å². The van der Waals surface area contributed by atoms with Crippen molar-refractivity contribution in [2.24, 2.45) is 0 Å². The highest BCUT2D eigenvalue weighted by molar-refractivity contribution is 5.94. The molecule has 9 heteroatoms. The molecule has 1 N–H and O–H groups in total. The number of hydrogen-bond donors (Lipinski definition) is 1. The van der Waals surface area contributed by atoms with Crippen LogP contribution in [0.2, 0.25) is 0 Å². The molecule has 0 bridgehead atoms. The van der Waals surface area contributed by atoms with Crippen LogP contribution >= 0.6 is 0 Å². The van der Waals surface area contributed by atoms with Crippen LogP contribution in [0.1, 0.15) is 6.92 Å². The Morgan fingerprint density at radius 1 is 1.25 bits per heavy atom. The Labute approximate surface area is 161 Å². The van der Waals surface area contributed by atoms with Crippen molar-refractivity contribution in [3.05, 3.63) is 58.4 Å². The molecule has 1 aliphatic heterocycles. The van der Waals surface area contributed by atoms with Crippen LogP contribution < -0.4 is 15.0 Å². The first-order valence-corrected chi connectivity index (χ1v) is 8.78. The topological polar surface area (TPSA) is 93.9 Å². The second-order valence-electron chi connectivity index (χ2n) is 6.26. The van der Waals surface area contributed by atoms with Gasteiger partial charge in [0.15, 0.2) is 6.10 Å². The summed E-state index contributed by atoms with van der Waals surface area (Å²) in [5.74, 6) is -1.49. The van der Waals surface area contributed by atoms with Crippen molar-refractivity contribution in [2.75, 3.05) is 36.5 Å².